The Hall–Kier alpha value is -1.40. The van der Waals surface area contributed by atoms with Crippen LogP contribution in [0.5, 0.6) is 0 Å². The van der Waals surface area contributed by atoms with E-state index in [9.17, 15) is 13.2 Å². The standard InChI is InChI=1S/C14H20N2O3S/c17-14(10-16-13-7-9-20(18,19)11-13)15-8-6-12-4-2-1-3-5-12/h1-5,13,16H,6-11H2,(H,15,17). The summed E-state index contributed by atoms with van der Waals surface area (Å²) in [6.45, 7) is 0.766. The van der Waals surface area contributed by atoms with Gasteiger partial charge in [-0.25, -0.2) is 8.42 Å². The Bertz CT molecular complexity index is 543. The van der Waals surface area contributed by atoms with Gasteiger partial charge < -0.3 is 10.6 Å². The first-order valence-corrected chi connectivity index (χ1v) is 8.62. The van der Waals surface area contributed by atoms with Crippen LogP contribution in [0.2, 0.25) is 0 Å². The summed E-state index contributed by atoms with van der Waals surface area (Å²) in [7, 11) is -2.89. The van der Waals surface area contributed by atoms with Gasteiger partial charge in [-0.1, -0.05) is 30.3 Å². The van der Waals surface area contributed by atoms with Gasteiger partial charge in [0.25, 0.3) is 0 Å². The maximum absolute atomic E-state index is 11.6. The predicted molar refractivity (Wildman–Crippen MR) is 78.2 cm³/mol. The van der Waals surface area contributed by atoms with Crippen LogP contribution in [0, 0.1) is 0 Å². The van der Waals surface area contributed by atoms with Crippen molar-refractivity contribution in [3.8, 4) is 0 Å². The van der Waals surface area contributed by atoms with Gasteiger partial charge >= 0.3 is 0 Å². The summed E-state index contributed by atoms with van der Waals surface area (Å²) in [6, 6.07) is 9.86. The summed E-state index contributed by atoms with van der Waals surface area (Å²) in [5.74, 6) is 0.273. The smallest absolute Gasteiger partial charge is 0.233 e. The molecule has 0 aromatic heterocycles. The van der Waals surface area contributed by atoms with Crippen molar-refractivity contribution in [2.75, 3.05) is 24.6 Å². The molecule has 0 bridgehead atoms. The minimum atomic E-state index is -2.89. The van der Waals surface area contributed by atoms with Crippen molar-refractivity contribution in [2.24, 2.45) is 0 Å². The van der Waals surface area contributed by atoms with Crippen molar-refractivity contribution < 1.29 is 13.2 Å². The van der Waals surface area contributed by atoms with Crippen LogP contribution in [0.25, 0.3) is 0 Å². The van der Waals surface area contributed by atoms with Gasteiger partial charge in [0.1, 0.15) is 0 Å². The van der Waals surface area contributed by atoms with Crippen LogP contribution in [0.15, 0.2) is 30.3 Å². The van der Waals surface area contributed by atoms with Gasteiger partial charge in [-0.2, -0.15) is 0 Å². The van der Waals surface area contributed by atoms with Crippen LogP contribution >= 0.6 is 0 Å². The Balaban J connectivity index is 1.61. The topological polar surface area (TPSA) is 75.3 Å². The van der Waals surface area contributed by atoms with Gasteiger partial charge in [-0.05, 0) is 18.4 Å². The van der Waals surface area contributed by atoms with Crippen molar-refractivity contribution in [2.45, 2.75) is 18.9 Å². The summed E-state index contributed by atoms with van der Waals surface area (Å²) < 4.78 is 22.5. The number of carbonyl (C=O) groups is 1. The Morgan fingerprint density at radius 3 is 2.65 bits per heavy atom. The van der Waals surface area contributed by atoms with E-state index in [0.717, 1.165) is 6.42 Å². The highest BCUT2D eigenvalue weighted by Gasteiger charge is 2.27. The fraction of sp³-hybridized carbons (Fsp3) is 0.500. The fourth-order valence-corrected chi connectivity index (χ4v) is 3.95. The molecule has 1 fully saturated rings. The van der Waals surface area contributed by atoms with Crippen LogP contribution in [0.1, 0.15) is 12.0 Å². The number of benzene rings is 1. The minimum Gasteiger partial charge on any atom is -0.355 e. The maximum atomic E-state index is 11.6. The molecule has 5 nitrogen and oxygen atoms in total. The molecule has 1 aromatic carbocycles. The molecule has 2 rings (SSSR count). The van der Waals surface area contributed by atoms with E-state index in [1.165, 1.54) is 5.56 Å². The lowest BCUT2D eigenvalue weighted by Crippen LogP contribution is -2.40. The van der Waals surface area contributed by atoms with Crippen molar-refractivity contribution in [3.05, 3.63) is 35.9 Å². The van der Waals surface area contributed by atoms with E-state index in [0.29, 0.717) is 13.0 Å². The SMILES string of the molecule is O=C(CNC1CCS(=O)(=O)C1)NCCc1ccccc1. The monoisotopic (exact) mass is 296 g/mol. The largest absolute Gasteiger partial charge is 0.355 e. The van der Waals surface area contributed by atoms with E-state index in [1.54, 1.807) is 0 Å². The Kier molecular flexibility index (Phi) is 5.14. The van der Waals surface area contributed by atoms with Crippen molar-refractivity contribution in [3.63, 3.8) is 0 Å². The summed E-state index contributed by atoms with van der Waals surface area (Å²) in [6.07, 6.45) is 1.39. The zero-order valence-electron chi connectivity index (χ0n) is 11.3. The number of hydrogen-bond donors (Lipinski definition) is 2. The van der Waals surface area contributed by atoms with Crippen LogP contribution in [0.4, 0.5) is 0 Å². The quantitative estimate of drug-likeness (QED) is 0.782. The molecule has 0 aliphatic carbocycles. The first kappa shape index (κ1) is 15.0. The second-order valence-corrected chi connectivity index (χ2v) is 7.30. The van der Waals surface area contributed by atoms with E-state index in [4.69, 9.17) is 0 Å². The highest BCUT2D eigenvalue weighted by molar-refractivity contribution is 7.91. The third-order valence-corrected chi connectivity index (χ3v) is 5.13. The number of sulfone groups is 1. The first-order chi connectivity index (χ1) is 9.55. The molecule has 1 heterocycles. The zero-order valence-corrected chi connectivity index (χ0v) is 12.2. The Morgan fingerprint density at radius 1 is 1.25 bits per heavy atom. The second-order valence-electron chi connectivity index (χ2n) is 5.07. The zero-order chi connectivity index (χ0) is 14.4. The molecule has 2 N–H and O–H groups in total. The van der Waals surface area contributed by atoms with Gasteiger partial charge in [0.05, 0.1) is 18.1 Å². The van der Waals surface area contributed by atoms with E-state index in [1.807, 2.05) is 30.3 Å². The molecule has 20 heavy (non-hydrogen) atoms. The molecule has 1 aromatic rings. The summed E-state index contributed by atoms with van der Waals surface area (Å²) >= 11 is 0. The van der Waals surface area contributed by atoms with Gasteiger partial charge in [-0.3, -0.25) is 4.79 Å². The Morgan fingerprint density at radius 2 is 2.00 bits per heavy atom. The third kappa shape index (κ3) is 4.94. The molecule has 1 unspecified atom stereocenters. The summed E-state index contributed by atoms with van der Waals surface area (Å²) in [4.78, 5) is 11.6. The van der Waals surface area contributed by atoms with Crippen molar-refractivity contribution in [1.29, 1.82) is 0 Å². The number of rotatable bonds is 6. The van der Waals surface area contributed by atoms with Gasteiger partial charge in [-0.15, -0.1) is 0 Å². The Labute approximate surface area is 119 Å². The number of amides is 1. The van der Waals surface area contributed by atoms with Crippen LogP contribution in [-0.2, 0) is 21.1 Å². The average molecular weight is 296 g/mol. The first-order valence-electron chi connectivity index (χ1n) is 6.79. The average Bonchev–Trinajstić information content (AvgIpc) is 2.77. The number of nitrogens with one attached hydrogen (secondary N) is 2. The molecule has 1 aliphatic heterocycles. The molecule has 1 saturated heterocycles. The van der Waals surface area contributed by atoms with Crippen LogP contribution in [0.3, 0.4) is 0 Å². The molecule has 1 atom stereocenters. The minimum absolute atomic E-state index is 0.0835. The van der Waals surface area contributed by atoms with Crippen LogP contribution in [-0.4, -0.2) is 45.0 Å². The van der Waals surface area contributed by atoms with Gasteiger partial charge in [0.15, 0.2) is 9.84 Å². The fourth-order valence-electron chi connectivity index (χ4n) is 2.25. The molecular formula is C14H20N2O3S. The van der Waals surface area contributed by atoms with Crippen LogP contribution < -0.4 is 10.6 Å². The summed E-state index contributed by atoms with van der Waals surface area (Å²) in [5.41, 5.74) is 1.18. The van der Waals surface area contributed by atoms with E-state index < -0.39 is 9.84 Å². The molecule has 0 saturated carbocycles. The maximum Gasteiger partial charge on any atom is 0.233 e. The van der Waals surface area contributed by atoms with Crippen molar-refractivity contribution in [1.82, 2.24) is 10.6 Å². The molecular weight excluding hydrogens is 276 g/mol. The van der Waals surface area contributed by atoms with Gasteiger partial charge in [0, 0.05) is 12.6 Å². The number of carbonyl (C=O) groups excluding carboxylic acids is 1. The highest BCUT2D eigenvalue weighted by atomic mass is 32.2. The van der Waals surface area contributed by atoms with E-state index in [-0.39, 0.29) is 30.0 Å². The lowest BCUT2D eigenvalue weighted by atomic mass is 10.1. The molecule has 0 radical (unpaired) electrons. The molecule has 1 aliphatic rings. The number of hydrogen-bond acceptors (Lipinski definition) is 4. The molecule has 6 heteroatoms. The lowest BCUT2D eigenvalue weighted by Gasteiger charge is -2.10. The second kappa shape index (κ2) is 6.85. The summed E-state index contributed by atoms with van der Waals surface area (Å²) in [5, 5.41) is 5.82. The molecule has 1 amide bonds. The predicted octanol–water partition coefficient (Wildman–Crippen LogP) is 0.122. The van der Waals surface area contributed by atoms with Gasteiger partial charge in [0.2, 0.25) is 5.91 Å². The molecule has 110 valence electrons. The molecule has 0 spiro atoms. The van der Waals surface area contributed by atoms with E-state index in [2.05, 4.69) is 10.6 Å². The third-order valence-electron chi connectivity index (χ3n) is 3.36. The van der Waals surface area contributed by atoms with E-state index >= 15 is 0 Å². The normalized spacial score (nSPS) is 20.7. The van der Waals surface area contributed by atoms with Crippen molar-refractivity contribution >= 4 is 15.7 Å². The highest BCUT2D eigenvalue weighted by Crippen LogP contribution is 2.10. The lowest BCUT2D eigenvalue weighted by molar-refractivity contribution is -0.120.